The molecule has 0 saturated carbocycles. The number of rotatable bonds is 9. The van der Waals surface area contributed by atoms with E-state index in [0.717, 1.165) is 31.1 Å². The number of anilines is 1. The summed E-state index contributed by atoms with van der Waals surface area (Å²) in [5.74, 6) is -0.138. The van der Waals surface area contributed by atoms with E-state index in [-0.39, 0.29) is 22.5 Å². The number of nitrogens with one attached hydrogen (secondary N) is 1. The zero-order valence-corrected chi connectivity index (χ0v) is 18.2. The lowest BCUT2D eigenvalue weighted by Gasteiger charge is -2.24. The second-order valence-corrected chi connectivity index (χ2v) is 9.19. The molecule has 2 aromatic rings. The van der Waals surface area contributed by atoms with Gasteiger partial charge >= 0.3 is 0 Å². The minimum Gasteiger partial charge on any atom is -0.352 e. The van der Waals surface area contributed by atoms with Gasteiger partial charge in [0, 0.05) is 12.1 Å². The van der Waals surface area contributed by atoms with Crippen molar-refractivity contribution >= 4 is 44.8 Å². The molecule has 0 fully saturated rings. The van der Waals surface area contributed by atoms with Crippen molar-refractivity contribution in [2.45, 2.75) is 32.7 Å². The molecule has 2 rings (SSSR count). The van der Waals surface area contributed by atoms with Gasteiger partial charge in [-0.2, -0.15) is 0 Å². The van der Waals surface area contributed by atoms with Gasteiger partial charge in [-0.25, -0.2) is 8.42 Å². The summed E-state index contributed by atoms with van der Waals surface area (Å²) in [6.07, 6.45) is 4.23. The number of carbonyl (C=O) groups excluding carboxylic acids is 1. The Bertz CT molecular complexity index is 916. The Kier molecular flexibility index (Phi) is 8.16. The van der Waals surface area contributed by atoms with Gasteiger partial charge in [-0.15, -0.1) is 0 Å². The second-order valence-electron chi connectivity index (χ2n) is 6.50. The van der Waals surface area contributed by atoms with Crippen LogP contribution in [0.3, 0.4) is 0 Å². The molecule has 0 unspecified atom stereocenters. The highest BCUT2D eigenvalue weighted by Crippen LogP contribution is 2.34. The van der Waals surface area contributed by atoms with Crippen LogP contribution in [0, 0.1) is 0 Å². The maximum absolute atomic E-state index is 12.3. The number of hydrogen-bond acceptors (Lipinski definition) is 3. The maximum atomic E-state index is 12.3. The largest absolute Gasteiger partial charge is 0.352 e. The van der Waals surface area contributed by atoms with E-state index in [4.69, 9.17) is 23.2 Å². The Morgan fingerprint density at radius 3 is 2.36 bits per heavy atom. The predicted molar refractivity (Wildman–Crippen MR) is 116 cm³/mol. The van der Waals surface area contributed by atoms with Crippen molar-refractivity contribution in [3.8, 4) is 0 Å². The zero-order valence-electron chi connectivity index (χ0n) is 15.9. The zero-order chi connectivity index (χ0) is 20.7. The van der Waals surface area contributed by atoms with Crippen molar-refractivity contribution in [3.05, 3.63) is 63.6 Å². The van der Waals surface area contributed by atoms with Crippen LogP contribution in [0.2, 0.25) is 10.0 Å². The van der Waals surface area contributed by atoms with Crippen LogP contribution in [0.4, 0.5) is 5.69 Å². The number of benzene rings is 2. The minimum absolute atomic E-state index is 0.0806. The van der Waals surface area contributed by atoms with Crippen LogP contribution in [0.1, 0.15) is 42.1 Å². The van der Waals surface area contributed by atoms with E-state index in [0.29, 0.717) is 17.8 Å². The number of amides is 1. The average molecular weight is 443 g/mol. The van der Waals surface area contributed by atoms with Gasteiger partial charge in [-0.05, 0) is 36.2 Å². The van der Waals surface area contributed by atoms with Gasteiger partial charge in [0.2, 0.25) is 10.0 Å². The number of hydrogen-bond donors (Lipinski definition) is 1. The first-order valence-electron chi connectivity index (χ1n) is 9.03. The molecule has 1 amide bonds. The summed E-state index contributed by atoms with van der Waals surface area (Å²) in [5.41, 5.74) is 1.57. The van der Waals surface area contributed by atoms with Gasteiger partial charge < -0.3 is 5.32 Å². The van der Waals surface area contributed by atoms with Gasteiger partial charge in [0.25, 0.3) is 5.91 Å². The molecule has 0 aliphatic rings. The van der Waals surface area contributed by atoms with Crippen LogP contribution < -0.4 is 9.62 Å². The first kappa shape index (κ1) is 22.5. The average Bonchev–Trinajstić information content (AvgIpc) is 2.65. The molecule has 5 nitrogen and oxygen atoms in total. The molecule has 0 saturated heterocycles. The first-order chi connectivity index (χ1) is 13.2. The Balaban J connectivity index is 2.15. The smallest absolute Gasteiger partial charge is 0.251 e. The van der Waals surface area contributed by atoms with Gasteiger partial charge in [0.15, 0.2) is 0 Å². The Morgan fingerprint density at radius 1 is 1.07 bits per heavy atom. The molecule has 2 aromatic carbocycles. The van der Waals surface area contributed by atoms with Crippen molar-refractivity contribution < 1.29 is 13.2 Å². The van der Waals surface area contributed by atoms with E-state index >= 15 is 0 Å². The lowest BCUT2D eigenvalue weighted by molar-refractivity contribution is 0.0953. The van der Waals surface area contributed by atoms with Crippen molar-refractivity contribution in [3.63, 3.8) is 0 Å². The van der Waals surface area contributed by atoms with Crippen LogP contribution in [0.5, 0.6) is 0 Å². The van der Waals surface area contributed by atoms with Gasteiger partial charge in [-0.3, -0.25) is 9.10 Å². The number of carbonyl (C=O) groups is 1. The summed E-state index contributed by atoms with van der Waals surface area (Å²) >= 11 is 12.2. The van der Waals surface area contributed by atoms with Crippen molar-refractivity contribution in [1.29, 1.82) is 0 Å². The highest BCUT2D eigenvalue weighted by Gasteiger charge is 2.21. The van der Waals surface area contributed by atoms with Crippen molar-refractivity contribution in [2.24, 2.45) is 0 Å². The fourth-order valence-corrected chi connectivity index (χ4v) is 4.01. The lowest BCUT2D eigenvalue weighted by atomic mass is 10.1. The molecule has 0 aliphatic heterocycles. The molecule has 0 aliphatic carbocycles. The third-order valence-electron chi connectivity index (χ3n) is 4.21. The summed E-state index contributed by atoms with van der Waals surface area (Å²) in [6.45, 7) is 2.83. The van der Waals surface area contributed by atoms with Crippen LogP contribution in [0.25, 0.3) is 0 Å². The first-order valence-corrected chi connectivity index (χ1v) is 11.6. The van der Waals surface area contributed by atoms with E-state index in [2.05, 4.69) is 12.2 Å². The lowest BCUT2D eigenvalue weighted by Crippen LogP contribution is -2.29. The van der Waals surface area contributed by atoms with Crippen LogP contribution in [-0.2, 0) is 16.6 Å². The number of halogens is 2. The summed E-state index contributed by atoms with van der Waals surface area (Å²) in [7, 11) is -3.59. The molecule has 0 radical (unpaired) electrons. The van der Waals surface area contributed by atoms with E-state index in [9.17, 15) is 13.2 Å². The van der Waals surface area contributed by atoms with Crippen LogP contribution >= 0.6 is 23.2 Å². The molecule has 0 spiro atoms. The predicted octanol–water partition coefficient (Wildman–Crippen LogP) is 4.88. The van der Waals surface area contributed by atoms with E-state index < -0.39 is 10.0 Å². The molecule has 1 N–H and O–H groups in total. The van der Waals surface area contributed by atoms with Crippen molar-refractivity contribution in [2.75, 3.05) is 17.1 Å². The summed E-state index contributed by atoms with van der Waals surface area (Å²) < 4.78 is 25.8. The molecular weight excluding hydrogens is 419 g/mol. The second kappa shape index (κ2) is 10.1. The maximum Gasteiger partial charge on any atom is 0.251 e. The highest BCUT2D eigenvalue weighted by atomic mass is 35.5. The van der Waals surface area contributed by atoms with Crippen molar-refractivity contribution in [1.82, 2.24) is 5.32 Å². The van der Waals surface area contributed by atoms with Gasteiger partial charge in [0.1, 0.15) is 0 Å². The standard InChI is InChI=1S/C20H24Cl2N2O3S/c1-3-4-5-13-23-20(25)16-11-9-15(10-12-16)14-24(28(2,26)27)18-8-6-7-17(21)19(18)22/h6-12H,3-5,13-14H2,1-2H3,(H,23,25). The molecule has 0 atom stereocenters. The van der Waals surface area contributed by atoms with E-state index in [1.165, 1.54) is 4.31 Å². The monoisotopic (exact) mass is 442 g/mol. The highest BCUT2D eigenvalue weighted by molar-refractivity contribution is 7.92. The molecule has 28 heavy (non-hydrogen) atoms. The third-order valence-corrected chi connectivity index (χ3v) is 6.14. The molecule has 8 heteroatoms. The number of sulfonamides is 1. The molecule has 152 valence electrons. The van der Waals surface area contributed by atoms with E-state index in [1.54, 1.807) is 42.5 Å². The molecular formula is C20H24Cl2N2O3S. The number of unbranched alkanes of at least 4 members (excludes halogenated alkanes) is 2. The third kappa shape index (κ3) is 6.12. The van der Waals surface area contributed by atoms with E-state index in [1.807, 2.05) is 0 Å². The topological polar surface area (TPSA) is 66.5 Å². The summed E-state index contributed by atoms with van der Waals surface area (Å²) in [6, 6.07) is 11.7. The molecule has 0 heterocycles. The summed E-state index contributed by atoms with van der Waals surface area (Å²) in [4.78, 5) is 12.2. The Hall–Kier alpha value is -1.76. The van der Waals surface area contributed by atoms with Crippen LogP contribution in [0.15, 0.2) is 42.5 Å². The van der Waals surface area contributed by atoms with Gasteiger partial charge in [-0.1, -0.05) is 61.2 Å². The Morgan fingerprint density at radius 2 is 1.75 bits per heavy atom. The summed E-state index contributed by atoms with van der Waals surface area (Å²) in [5, 5.41) is 3.34. The Labute approximate surface area is 176 Å². The molecule has 0 bridgehead atoms. The molecule has 0 aromatic heterocycles. The van der Waals surface area contributed by atoms with Crippen LogP contribution in [-0.4, -0.2) is 27.1 Å². The SMILES string of the molecule is CCCCCNC(=O)c1ccc(CN(c2cccc(Cl)c2Cl)S(C)(=O)=O)cc1. The normalized spacial score (nSPS) is 11.3. The quantitative estimate of drug-likeness (QED) is 0.562. The fraction of sp³-hybridized carbons (Fsp3) is 0.350. The fourth-order valence-electron chi connectivity index (χ4n) is 2.67. The van der Waals surface area contributed by atoms with Gasteiger partial charge in [0.05, 0.1) is 28.5 Å². The number of nitrogens with zero attached hydrogens (tertiary/aromatic N) is 1. The minimum atomic E-state index is -3.59.